The van der Waals surface area contributed by atoms with Crippen molar-refractivity contribution in [2.75, 3.05) is 33.4 Å². The zero-order chi connectivity index (χ0) is 14.8. The van der Waals surface area contributed by atoms with E-state index in [0.29, 0.717) is 32.3 Å². The molecule has 0 aliphatic carbocycles. The minimum atomic E-state index is -0.430. The lowest BCUT2D eigenvalue weighted by molar-refractivity contribution is -0.142. The van der Waals surface area contributed by atoms with Gasteiger partial charge in [-0.05, 0) is 26.2 Å². The first-order valence-corrected chi connectivity index (χ1v) is 7.10. The fraction of sp³-hybridized carbons (Fsp3) is 0.929. The van der Waals surface area contributed by atoms with Gasteiger partial charge in [0.2, 0.25) is 0 Å². The minimum Gasteiger partial charge on any atom is -0.379 e. The molecule has 5 nitrogen and oxygen atoms in total. The van der Waals surface area contributed by atoms with Crippen LogP contribution in [-0.2, 0) is 14.3 Å². The molecule has 0 aromatic carbocycles. The van der Waals surface area contributed by atoms with Crippen molar-refractivity contribution >= 4 is 5.91 Å². The van der Waals surface area contributed by atoms with Gasteiger partial charge < -0.3 is 20.1 Å². The van der Waals surface area contributed by atoms with E-state index in [1.165, 1.54) is 0 Å². The molecule has 2 N–H and O–H groups in total. The fourth-order valence-electron chi connectivity index (χ4n) is 1.60. The molecule has 0 aromatic rings. The summed E-state index contributed by atoms with van der Waals surface area (Å²) < 4.78 is 10.6. The lowest BCUT2D eigenvalue weighted by Crippen LogP contribution is -2.40. The summed E-state index contributed by atoms with van der Waals surface area (Å²) in [5.74, 6) is 0.427. The molecule has 0 radical (unpaired) electrons. The Morgan fingerprint density at radius 1 is 1.26 bits per heavy atom. The van der Waals surface area contributed by atoms with Gasteiger partial charge in [0, 0.05) is 26.2 Å². The first kappa shape index (κ1) is 18.4. The van der Waals surface area contributed by atoms with E-state index in [4.69, 9.17) is 15.2 Å². The van der Waals surface area contributed by atoms with E-state index < -0.39 is 6.10 Å². The van der Waals surface area contributed by atoms with Crippen molar-refractivity contribution in [3.05, 3.63) is 0 Å². The van der Waals surface area contributed by atoms with Gasteiger partial charge in [0.25, 0.3) is 5.91 Å². The normalized spacial score (nSPS) is 14.5. The first-order chi connectivity index (χ1) is 8.90. The van der Waals surface area contributed by atoms with Crippen molar-refractivity contribution in [2.45, 2.75) is 46.3 Å². The number of carbonyl (C=O) groups is 1. The van der Waals surface area contributed by atoms with Crippen molar-refractivity contribution in [3.63, 3.8) is 0 Å². The molecular formula is C14H30N2O3. The molecule has 114 valence electrons. The number of hydrogen-bond acceptors (Lipinski definition) is 4. The van der Waals surface area contributed by atoms with E-state index in [1.807, 2.05) is 6.92 Å². The molecule has 0 aromatic heterocycles. The summed E-state index contributed by atoms with van der Waals surface area (Å²) in [6.45, 7) is 10.2. The number of likely N-dealkylation sites (N-methyl/N-ethyl adjacent to an activating group) is 1. The fourth-order valence-corrected chi connectivity index (χ4v) is 1.60. The second-order valence-corrected chi connectivity index (χ2v) is 5.17. The van der Waals surface area contributed by atoms with Gasteiger partial charge >= 0.3 is 0 Å². The van der Waals surface area contributed by atoms with E-state index in [1.54, 1.807) is 18.9 Å². The lowest BCUT2D eigenvalue weighted by Gasteiger charge is -2.24. The number of hydrogen-bond donors (Lipinski definition) is 1. The molecule has 0 saturated carbocycles. The molecule has 2 atom stereocenters. The highest BCUT2D eigenvalue weighted by Gasteiger charge is 2.18. The summed E-state index contributed by atoms with van der Waals surface area (Å²) >= 11 is 0. The summed E-state index contributed by atoms with van der Waals surface area (Å²) in [6, 6.07) is 0.129. The monoisotopic (exact) mass is 274 g/mol. The second-order valence-electron chi connectivity index (χ2n) is 5.17. The van der Waals surface area contributed by atoms with Crippen LogP contribution in [-0.4, -0.2) is 56.4 Å². The van der Waals surface area contributed by atoms with E-state index in [0.717, 1.165) is 6.42 Å². The predicted molar refractivity (Wildman–Crippen MR) is 77.0 cm³/mol. The second kappa shape index (κ2) is 10.2. The van der Waals surface area contributed by atoms with Gasteiger partial charge in [0.15, 0.2) is 0 Å². The summed E-state index contributed by atoms with van der Waals surface area (Å²) in [5.41, 5.74) is 5.97. The molecule has 0 saturated heterocycles. The van der Waals surface area contributed by atoms with Crippen LogP contribution in [0.1, 0.15) is 34.1 Å². The van der Waals surface area contributed by atoms with Gasteiger partial charge in [-0.15, -0.1) is 0 Å². The molecule has 19 heavy (non-hydrogen) atoms. The Morgan fingerprint density at radius 2 is 1.89 bits per heavy atom. The molecular weight excluding hydrogens is 244 g/mol. The molecule has 0 aliphatic heterocycles. The predicted octanol–water partition coefficient (Wildman–Crippen LogP) is 1.26. The third-order valence-corrected chi connectivity index (χ3v) is 3.18. The maximum Gasteiger partial charge on any atom is 0.251 e. The van der Waals surface area contributed by atoms with Gasteiger partial charge in [-0.25, -0.2) is 0 Å². The van der Waals surface area contributed by atoms with Gasteiger partial charge in [0.05, 0.1) is 13.2 Å². The van der Waals surface area contributed by atoms with Crippen LogP contribution in [0.15, 0.2) is 0 Å². The third kappa shape index (κ3) is 8.18. The maximum absolute atomic E-state index is 12.0. The smallest absolute Gasteiger partial charge is 0.251 e. The van der Waals surface area contributed by atoms with Crippen LogP contribution in [0.4, 0.5) is 0 Å². The first-order valence-electron chi connectivity index (χ1n) is 7.10. The maximum atomic E-state index is 12.0. The Hall–Kier alpha value is -0.650. The summed E-state index contributed by atoms with van der Waals surface area (Å²) in [4.78, 5) is 13.7. The SMILES string of the molecule is CCOCCOC(C)C(=O)N(C)CCC(N)C(C)C. The summed E-state index contributed by atoms with van der Waals surface area (Å²) in [7, 11) is 1.79. The van der Waals surface area contributed by atoms with E-state index in [2.05, 4.69) is 13.8 Å². The van der Waals surface area contributed by atoms with Crippen molar-refractivity contribution in [3.8, 4) is 0 Å². The number of nitrogens with two attached hydrogens (primary N) is 1. The summed E-state index contributed by atoms with van der Waals surface area (Å²) in [5, 5.41) is 0. The van der Waals surface area contributed by atoms with Crippen molar-refractivity contribution in [1.82, 2.24) is 4.90 Å². The Morgan fingerprint density at radius 3 is 2.42 bits per heavy atom. The van der Waals surface area contributed by atoms with Crippen LogP contribution in [0.2, 0.25) is 0 Å². The van der Waals surface area contributed by atoms with Crippen LogP contribution in [0.3, 0.4) is 0 Å². The minimum absolute atomic E-state index is 0.00699. The molecule has 0 spiro atoms. The highest BCUT2D eigenvalue weighted by molar-refractivity contribution is 5.80. The number of rotatable bonds is 10. The highest BCUT2D eigenvalue weighted by Crippen LogP contribution is 2.05. The largest absolute Gasteiger partial charge is 0.379 e. The van der Waals surface area contributed by atoms with Crippen LogP contribution in [0.5, 0.6) is 0 Å². The summed E-state index contributed by atoms with van der Waals surface area (Å²) in [6.07, 6.45) is 0.381. The quantitative estimate of drug-likeness (QED) is 0.609. The van der Waals surface area contributed by atoms with Gasteiger partial charge in [-0.1, -0.05) is 13.8 Å². The molecule has 0 aliphatic rings. The molecule has 1 amide bonds. The molecule has 2 unspecified atom stereocenters. The zero-order valence-corrected chi connectivity index (χ0v) is 13.0. The number of nitrogens with zero attached hydrogens (tertiary/aromatic N) is 1. The molecule has 0 bridgehead atoms. The number of amides is 1. The number of ether oxygens (including phenoxy) is 2. The molecule has 0 rings (SSSR count). The highest BCUT2D eigenvalue weighted by atomic mass is 16.5. The standard InChI is InChI=1S/C14H30N2O3/c1-6-18-9-10-19-12(4)14(17)16(5)8-7-13(15)11(2)3/h11-13H,6-10,15H2,1-5H3. The Labute approximate surface area is 117 Å². The Balaban J connectivity index is 3.90. The van der Waals surface area contributed by atoms with Crippen molar-refractivity contribution in [1.29, 1.82) is 0 Å². The van der Waals surface area contributed by atoms with E-state index >= 15 is 0 Å². The lowest BCUT2D eigenvalue weighted by atomic mass is 10.0. The third-order valence-electron chi connectivity index (χ3n) is 3.18. The molecule has 0 fully saturated rings. The topological polar surface area (TPSA) is 64.8 Å². The van der Waals surface area contributed by atoms with Crippen LogP contribution in [0.25, 0.3) is 0 Å². The average Bonchev–Trinajstić information content (AvgIpc) is 2.39. The zero-order valence-electron chi connectivity index (χ0n) is 13.0. The Bertz CT molecular complexity index is 247. The Kier molecular flexibility index (Phi) is 9.83. The van der Waals surface area contributed by atoms with Crippen molar-refractivity contribution in [2.24, 2.45) is 11.7 Å². The van der Waals surface area contributed by atoms with E-state index in [-0.39, 0.29) is 11.9 Å². The number of carbonyl (C=O) groups excluding carboxylic acids is 1. The van der Waals surface area contributed by atoms with Crippen LogP contribution < -0.4 is 5.73 Å². The molecule has 0 heterocycles. The average molecular weight is 274 g/mol. The van der Waals surface area contributed by atoms with E-state index in [9.17, 15) is 4.79 Å². The van der Waals surface area contributed by atoms with Gasteiger partial charge in [0.1, 0.15) is 6.10 Å². The van der Waals surface area contributed by atoms with Crippen LogP contribution in [0, 0.1) is 5.92 Å². The van der Waals surface area contributed by atoms with Crippen LogP contribution >= 0.6 is 0 Å². The van der Waals surface area contributed by atoms with Crippen molar-refractivity contribution < 1.29 is 14.3 Å². The van der Waals surface area contributed by atoms with Gasteiger partial charge in [-0.3, -0.25) is 4.79 Å². The molecule has 5 heteroatoms. The van der Waals surface area contributed by atoms with Gasteiger partial charge in [-0.2, -0.15) is 0 Å².